The standard InChI is InChI=1S/C19H27NO2/c1-3-17(11-21)18(22)20-12-19(13-20)9-16(10-19)8-15-6-4-5-14(2)7-15/h4-7,16-17,21H,3,8-13H2,1-2H3/t17-/m1/s1. The molecule has 0 unspecified atom stereocenters. The van der Waals surface area contributed by atoms with Crippen molar-refractivity contribution in [3.63, 3.8) is 0 Å². The van der Waals surface area contributed by atoms with Gasteiger partial charge in [-0.15, -0.1) is 0 Å². The molecule has 1 spiro atoms. The summed E-state index contributed by atoms with van der Waals surface area (Å²) in [5.41, 5.74) is 3.18. The minimum atomic E-state index is -0.194. The average molecular weight is 301 g/mol. The highest BCUT2D eigenvalue weighted by atomic mass is 16.3. The first kappa shape index (κ1) is 15.5. The Morgan fingerprint density at radius 2 is 2.14 bits per heavy atom. The lowest BCUT2D eigenvalue weighted by Crippen LogP contribution is -2.64. The van der Waals surface area contributed by atoms with E-state index in [1.54, 1.807) is 0 Å². The van der Waals surface area contributed by atoms with Gasteiger partial charge in [0.25, 0.3) is 0 Å². The fraction of sp³-hybridized carbons (Fsp3) is 0.632. The Morgan fingerprint density at radius 1 is 1.41 bits per heavy atom. The van der Waals surface area contributed by atoms with Crippen LogP contribution in [0.2, 0.25) is 0 Å². The number of hydrogen-bond donors (Lipinski definition) is 1. The summed E-state index contributed by atoms with van der Waals surface area (Å²) in [7, 11) is 0. The first-order chi connectivity index (χ1) is 10.5. The van der Waals surface area contributed by atoms with Gasteiger partial charge in [-0.3, -0.25) is 4.79 Å². The van der Waals surface area contributed by atoms with Crippen LogP contribution in [-0.4, -0.2) is 35.6 Å². The Kier molecular flexibility index (Phi) is 4.26. The molecule has 1 N–H and O–H groups in total. The second kappa shape index (κ2) is 6.04. The number of carbonyl (C=O) groups is 1. The van der Waals surface area contributed by atoms with E-state index < -0.39 is 0 Å². The molecule has 1 saturated heterocycles. The number of amides is 1. The van der Waals surface area contributed by atoms with Crippen molar-refractivity contribution in [2.75, 3.05) is 19.7 Å². The van der Waals surface area contributed by atoms with E-state index in [9.17, 15) is 9.90 Å². The van der Waals surface area contributed by atoms with Gasteiger partial charge in [-0.1, -0.05) is 36.8 Å². The fourth-order valence-electron chi connectivity index (χ4n) is 4.30. The van der Waals surface area contributed by atoms with Gasteiger partial charge in [-0.2, -0.15) is 0 Å². The molecule has 1 aliphatic heterocycles. The van der Waals surface area contributed by atoms with E-state index in [0.717, 1.165) is 25.4 Å². The maximum atomic E-state index is 12.2. The first-order valence-corrected chi connectivity index (χ1v) is 8.50. The number of carbonyl (C=O) groups excluding carboxylic acids is 1. The predicted octanol–water partition coefficient (Wildman–Crippen LogP) is 2.79. The van der Waals surface area contributed by atoms with Gasteiger partial charge in [-0.05, 0) is 44.1 Å². The summed E-state index contributed by atoms with van der Waals surface area (Å²) in [6, 6.07) is 8.80. The molecule has 1 aliphatic carbocycles. The normalized spacial score (nSPS) is 21.3. The van der Waals surface area contributed by atoms with Crippen LogP contribution in [0.25, 0.3) is 0 Å². The maximum Gasteiger partial charge on any atom is 0.228 e. The highest BCUT2D eigenvalue weighted by Crippen LogP contribution is 2.53. The molecule has 120 valence electrons. The van der Waals surface area contributed by atoms with Crippen molar-refractivity contribution in [2.45, 2.75) is 39.5 Å². The molecule has 3 heteroatoms. The van der Waals surface area contributed by atoms with Crippen LogP contribution < -0.4 is 0 Å². The molecule has 2 fully saturated rings. The van der Waals surface area contributed by atoms with Gasteiger partial charge >= 0.3 is 0 Å². The summed E-state index contributed by atoms with van der Waals surface area (Å²) in [5, 5.41) is 9.25. The molecule has 0 radical (unpaired) electrons. The summed E-state index contributed by atoms with van der Waals surface area (Å²) in [5.74, 6) is 0.733. The van der Waals surface area contributed by atoms with E-state index in [4.69, 9.17) is 0 Å². The summed E-state index contributed by atoms with van der Waals surface area (Å²) in [6.07, 6.45) is 4.40. The lowest BCUT2D eigenvalue weighted by atomic mass is 9.56. The number of likely N-dealkylation sites (tertiary alicyclic amines) is 1. The third kappa shape index (κ3) is 2.91. The number of nitrogens with zero attached hydrogens (tertiary/aromatic N) is 1. The minimum Gasteiger partial charge on any atom is -0.396 e. The topological polar surface area (TPSA) is 40.5 Å². The molecule has 1 aromatic carbocycles. The Bertz CT molecular complexity index is 536. The molecule has 1 aromatic rings. The summed E-state index contributed by atoms with van der Waals surface area (Å²) in [4.78, 5) is 14.1. The highest BCUT2D eigenvalue weighted by Gasteiger charge is 2.53. The van der Waals surface area contributed by atoms with Gasteiger partial charge in [-0.25, -0.2) is 0 Å². The number of hydrogen-bond acceptors (Lipinski definition) is 2. The number of benzene rings is 1. The number of aliphatic hydroxyl groups excluding tert-OH is 1. The van der Waals surface area contributed by atoms with E-state index in [1.807, 2.05) is 11.8 Å². The Balaban J connectivity index is 1.46. The maximum absolute atomic E-state index is 12.2. The highest BCUT2D eigenvalue weighted by molar-refractivity contribution is 5.80. The largest absolute Gasteiger partial charge is 0.396 e. The summed E-state index contributed by atoms with van der Waals surface area (Å²) >= 11 is 0. The minimum absolute atomic E-state index is 0.0190. The number of aryl methyl sites for hydroxylation is 1. The van der Waals surface area contributed by atoms with E-state index in [1.165, 1.54) is 30.4 Å². The molecule has 1 saturated carbocycles. The van der Waals surface area contributed by atoms with Gasteiger partial charge in [0.15, 0.2) is 0 Å². The van der Waals surface area contributed by atoms with Crippen molar-refractivity contribution in [1.29, 1.82) is 0 Å². The van der Waals surface area contributed by atoms with Gasteiger partial charge in [0.1, 0.15) is 0 Å². The van der Waals surface area contributed by atoms with Crippen LogP contribution in [-0.2, 0) is 11.2 Å². The van der Waals surface area contributed by atoms with Crippen molar-refractivity contribution >= 4 is 5.91 Å². The monoisotopic (exact) mass is 301 g/mol. The van der Waals surface area contributed by atoms with Crippen LogP contribution in [0, 0.1) is 24.2 Å². The van der Waals surface area contributed by atoms with E-state index in [0.29, 0.717) is 5.41 Å². The quantitative estimate of drug-likeness (QED) is 0.908. The molecule has 22 heavy (non-hydrogen) atoms. The van der Waals surface area contributed by atoms with Crippen molar-refractivity contribution < 1.29 is 9.90 Å². The summed E-state index contributed by atoms with van der Waals surface area (Å²) in [6.45, 7) is 5.91. The Morgan fingerprint density at radius 3 is 2.73 bits per heavy atom. The fourth-order valence-corrected chi connectivity index (χ4v) is 4.30. The smallest absolute Gasteiger partial charge is 0.228 e. The number of rotatable bonds is 5. The lowest BCUT2D eigenvalue weighted by Gasteiger charge is -2.59. The van der Waals surface area contributed by atoms with Gasteiger partial charge in [0, 0.05) is 18.5 Å². The Hall–Kier alpha value is -1.35. The molecule has 3 nitrogen and oxygen atoms in total. The van der Waals surface area contributed by atoms with E-state index in [-0.39, 0.29) is 18.4 Å². The zero-order chi connectivity index (χ0) is 15.7. The van der Waals surface area contributed by atoms with Crippen LogP contribution >= 0.6 is 0 Å². The average Bonchev–Trinajstić information content (AvgIpc) is 2.41. The zero-order valence-corrected chi connectivity index (χ0v) is 13.7. The summed E-state index contributed by atoms with van der Waals surface area (Å²) < 4.78 is 0. The first-order valence-electron chi connectivity index (χ1n) is 8.50. The molecular weight excluding hydrogens is 274 g/mol. The van der Waals surface area contributed by atoms with Crippen LogP contribution in [0.4, 0.5) is 0 Å². The third-order valence-corrected chi connectivity index (χ3v) is 5.48. The molecule has 1 amide bonds. The lowest BCUT2D eigenvalue weighted by molar-refractivity contribution is -0.160. The second-order valence-corrected chi connectivity index (χ2v) is 7.45. The van der Waals surface area contributed by atoms with Crippen molar-refractivity contribution in [3.8, 4) is 0 Å². The van der Waals surface area contributed by atoms with Crippen LogP contribution in [0.5, 0.6) is 0 Å². The van der Waals surface area contributed by atoms with Gasteiger partial charge in [0.05, 0.1) is 12.5 Å². The molecule has 3 rings (SSSR count). The third-order valence-electron chi connectivity index (χ3n) is 5.48. The molecule has 1 atom stereocenters. The Labute approximate surface area is 133 Å². The molecule has 0 aromatic heterocycles. The van der Waals surface area contributed by atoms with Crippen molar-refractivity contribution in [2.24, 2.45) is 17.3 Å². The van der Waals surface area contributed by atoms with Gasteiger partial charge < -0.3 is 10.0 Å². The number of aliphatic hydroxyl groups is 1. The molecular formula is C19H27NO2. The second-order valence-electron chi connectivity index (χ2n) is 7.45. The predicted molar refractivity (Wildman–Crippen MR) is 87.5 cm³/mol. The van der Waals surface area contributed by atoms with Gasteiger partial charge in [0.2, 0.25) is 5.91 Å². The molecule has 1 heterocycles. The van der Waals surface area contributed by atoms with Crippen LogP contribution in [0.3, 0.4) is 0 Å². The van der Waals surface area contributed by atoms with Crippen molar-refractivity contribution in [3.05, 3.63) is 35.4 Å². The molecule has 2 aliphatic rings. The van der Waals surface area contributed by atoms with Crippen LogP contribution in [0.1, 0.15) is 37.3 Å². The molecule has 0 bridgehead atoms. The SMILES string of the molecule is CC[C@H](CO)C(=O)N1CC2(CC(Cc3cccc(C)c3)C2)C1. The van der Waals surface area contributed by atoms with Crippen LogP contribution in [0.15, 0.2) is 24.3 Å². The van der Waals surface area contributed by atoms with E-state index >= 15 is 0 Å². The van der Waals surface area contributed by atoms with E-state index in [2.05, 4.69) is 31.2 Å². The zero-order valence-electron chi connectivity index (χ0n) is 13.7. The van der Waals surface area contributed by atoms with Crippen molar-refractivity contribution in [1.82, 2.24) is 4.90 Å².